The number of nitrogens with one attached hydrogen (secondary N) is 1. The standard InChI is InChI=1S/C15H17N3O2/c1-10-8-11(15(19)20)9-14(16-10)17-12-6-4-5-7-13(12)18(2)3/h4-9H,1-3H3,(H,16,17)(H,19,20). The summed E-state index contributed by atoms with van der Waals surface area (Å²) in [6.07, 6.45) is 0. The number of para-hydroxylation sites is 2. The lowest BCUT2D eigenvalue weighted by molar-refractivity contribution is 0.0696. The highest BCUT2D eigenvalue weighted by Crippen LogP contribution is 2.26. The average molecular weight is 271 g/mol. The number of aromatic nitrogens is 1. The van der Waals surface area contributed by atoms with Gasteiger partial charge in [0.25, 0.3) is 0 Å². The van der Waals surface area contributed by atoms with Crippen LogP contribution >= 0.6 is 0 Å². The molecule has 2 N–H and O–H groups in total. The van der Waals surface area contributed by atoms with Crippen LogP contribution in [0.4, 0.5) is 17.2 Å². The molecule has 0 saturated carbocycles. The minimum absolute atomic E-state index is 0.224. The van der Waals surface area contributed by atoms with Gasteiger partial charge in [0.15, 0.2) is 0 Å². The van der Waals surface area contributed by atoms with Crippen molar-refractivity contribution in [1.82, 2.24) is 4.98 Å². The maximum atomic E-state index is 11.1. The topological polar surface area (TPSA) is 65.5 Å². The zero-order valence-corrected chi connectivity index (χ0v) is 11.7. The second-order valence-electron chi connectivity index (χ2n) is 4.72. The molecule has 5 nitrogen and oxygen atoms in total. The number of carboxylic acid groups (broad SMARTS) is 1. The van der Waals surface area contributed by atoms with E-state index in [1.807, 2.05) is 43.3 Å². The second-order valence-corrected chi connectivity index (χ2v) is 4.72. The largest absolute Gasteiger partial charge is 0.478 e. The summed E-state index contributed by atoms with van der Waals surface area (Å²) in [5.41, 5.74) is 2.77. The Labute approximate surface area is 117 Å². The van der Waals surface area contributed by atoms with Crippen LogP contribution < -0.4 is 10.2 Å². The molecule has 0 atom stereocenters. The summed E-state index contributed by atoms with van der Waals surface area (Å²) in [6.45, 7) is 1.77. The molecule has 1 aromatic carbocycles. The molecule has 0 fully saturated rings. The van der Waals surface area contributed by atoms with Crippen LogP contribution in [-0.4, -0.2) is 30.2 Å². The third-order valence-electron chi connectivity index (χ3n) is 2.85. The number of aromatic carboxylic acids is 1. The Bertz CT molecular complexity index is 639. The first-order valence-corrected chi connectivity index (χ1v) is 6.23. The predicted molar refractivity (Wildman–Crippen MR) is 80.0 cm³/mol. The van der Waals surface area contributed by atoms with Crippen molar-refractivity contribution in [2.75, 3.05) is 24.3 Å². The zero-order valence-electron chi connectivity index (χ0n) is 11.7. The van der Waals surface area contributed by atoms with Crippen LogP contribution in [0.15, 0.2) is 36.4 Å². The fourth-order valence-corrected chi connectivity index (χ4v) is 1.96. The van der Waals surface area contributed by atoms with E-state index in [-0.39, 0.29) is 5.56 Å². The van der Waals surface area contributed by atoms with Crippen LogP contribution in [0, 0.1) is 6.92 Å². The molecular weight excluding hydrogens is 254 g/mol. The molecule has 1 aromatic heterocycles. The smallest absolute Gasteiger partial charge is 0.335 e. The molecule has 0 aliphatic heterocycles. The molecule has 0 unspecified atom stereocenters. The fourth-order valence-electron chi connectivity index (χ4n) is 1.96. The van der Waals surface area contributed by atoms with E-state index in [4.69, 9.17) is 5.11 Å². The number of carboxylic acids is 1. The summed E-state index contributed by atoms with van der Waals surface area (Å²) >= 11 is 0. The van der Waals surface area contributed by atoms with Crippen LogP contribution in [0.5, 0.6) is 0 Å². The Balaban J connectivity index is 2.37. The van der Waals surface area contributed by atoms with Gasteiger partial charge in [-0.1, -0.05) is 12.1 Å². The molecule has 0 aliphatic carbocycles. The summed E-state index contributed by atoms with van der Waals surface area (Å²) in [5, 5.41) is 12.3. The molecule has 1 heterocycles. The van der Waals surface area contributed by atoms with Gasteiger partial charge >= 0.3 is 5.97 Å². The molecule has 0 radical (unpaired) electrons. The minimum atomic E-state index is -0.959. The molecule has 0 spiro atoms. The highest BCUT2D eigenvalue weighted by Gasteiger charge is 2.09. The molecule has 0 aliphatic rings. The number of hydrogen-bond acceptors (Lipinski definition) is 4. The van der Waals surface area contributed by atoms with E-state index in [1.165, 1.54) is 6.07 Å². The highest BCUT2D eigenvalue weighted by molar-refractivity contribution is 5.89. The van der Waals surface area contributed by atoms with Crippen LogP contribution in [0.1, 0.15) is 16.1 Å². The first-order valence-electron chi connectivity index (χ1n) is 6.23. The van der Waals surface area contributed by atoms with Crippen LogP contribution in [-0.2, 0) is 0 Å². The first kappa shape index (κ1) is 13.9. The molecule has 0 saturated heterocycles. The van der Waals surface area contributed by atoms with Crippen LogP contribution in [0.25, 0.3) is 0 Å². The predicted octanol–water partition coefficient (Wildman–Crippen LogP) is 2.90. The van der Waals surface area contributed by atoms with Gasteiger partial charge in [-0.3, -0.25) is 0 Å². The summed E-state index contributed by atoms with van der Waals surface area (Å²) in [7, 11) is 3.90. The van der Waals surface area contributed by atoms with Crippen molar-refractivity contribution >= 4 is 23.2 Å². The Hall–Kier alpha value is -2.56. The number of benzene rings is 1. The molecule has 0 bridgehead atoms. The van der Waals surface area contributed by atoms with E-state index in [2.05, 4.69) is 10.3 Å². The quantitative estimate of drug-likeness (QED) is 0.895. The number of nitrogens with zero attached hydrogens (tertiary/aromatic N) is 2. The molecule has 104 valence electrons. The van der Waals surface area contributed by atoms with Gasteiger partial charge < -0.3 is 15.3 Å². The van der Waals surface area contributed by atoms with Gasteiger partial charge in [0.1, 0.15) is 5.82 Å². The van der Waals surface area contributed by atoms with E-state index >= 15 is 0 Å². The van der Waals surface area contributed by atoms with Crippen LogP contribution in [0.3, 0.4) is 0 Å². The van der Waals surface area contributed by atoms with Gasteiger partial charge in [-0.25, -0.2) is 9.78 Å². The zero-order chi connectivity index (χ0) is 14.7. The molecule has 0 amide bonds. The second kappa shape index (κ2) is 5.61. The summed E-state index contributed by atoms with van der Waals surface area (Å²) in [6, 6.07) is 10.9. The lowest BCUT2D eigenvalue weighted by Crippen LogP contribution is -2.11. The van der Waals surface area contributed by atoms with Crippen molar-refractivity contribution < 1.29 is 9.90 Å². The normalized spacial score (nSPS) is 10.2. The first-order chi connectivity index (χ1) is 9.47. The number of rotatable bonds is 4. The molecule has 20 heavy (non-hydrogen) atoms. The number of aryl methyl sites for hydroxylation is 1. The van der Waals surface area contributed by atoms with E-state index in [0.29, 0.717) is 11.5 Å². The van der Waals surface area contributed by atoms with Crippen molar-refractivity contribution in [1.29, 1.82) is 0 Å². The lowest BCUT2D eigenvalue weighted by Gasteiger charge is -2.18. The van der Waals surface area contributed by atoms with Gasteiger partial charge in [-0.15, -0.1) is 0 Å². The number of carbonyl (C=O) groups is 1. The average Bonchev–Trinajstić information content (AvgIpc) is 2.38. The fraction of sp³-hybridized carbons (Fsp3) is 0.200. The van der Waals surface area contributed by atoms with E-state index in [0.717, 1.165) is 11.4 Å². The summed E-state index contributed by atoms with van der Waals surface area (Å²) in [5.74, 6) is -0.434. The van der Waals surface area contributed by atoms with Crippen LogP contribution in [0.2, 0.25) is 0 Å². The van der Waals surface area contributed by atoms with E-state index in [1.54, 1.807) is 13.0 Å². The van der Waals surface area contributed by atoms with Gasteiger partial charge in [0, 0.05) is 19.8 Å². The van der Waals surface area contributed by atoms with Crippen molar-refractivity contribution in [3.63, 3.8) is 0 Å². The molecular formula is C15H17N3O2. The molecule has 5 heteroatoms. The highest BCUT2D eigenvalue weighted by atomic mass is 16.4. The lowest BCUT2D eigenvalue weighted by atomic mass is 10.2. The van der Waals surface area contributed by atoms with Gasteiger partial charge in [-0.05, 0) is 31.2 Å². The Morgan fingerprint density at radius 2 is 1.95 bits per heavy atom. The third kappa shape index (κ3) is 3.06. The number of pyridine rings is 1. The summed E-state index contributed by atoms with van der Waals surface area (Å²) < 4.78 is 0. The minimum Gasteiger partial charge on any atom is -0.478 e. The van der Waals surface area contributed by atoms with Crippen molar-refractivity contribution in [3.05, 3.63) is 47.7 Å². The van der Waals surface area contributed by atoms with Gasteiger partial charge in [0.2, 0.25) is 0 Å². The third-order valence-corrected chi connectivity index (χ3v) is 2.85. The SMILES string of the molecule is Cc1cc(C(=O)O)cc(Nc2ccccc2N(C)C)n1. The Morgan fingerprint density at radius 3 is 2.60 bits per heavy atom. The van der Waals surface area contributed by atoms with Gasteiger partial charge in [0.05, 0.1) is 16.9 Å². The maximum Gasteiger partial charge on any atom is 0.335 e. The monoisotopic (exact) mass is 271 g/mol. The van der Waals surface area contributed by atoms with E-state index in [9.17, 15) is 4.79 Å². The van der Waals surface area contributed by atoms with Crippen molar-refractivity contribution in [2.45, 2.75) is 6.92 Å². The molecule has 2 rings (SSSR count). The number of hydrogen-bond donors (Lipinski definition) is 2. The summed E-state index contributed by atoms with van der Waals surface area (Å²) in [4.78, 5) is 17.4. The van der Waals surface area contributed by atoms with Crippen molar-refractivity contribution in [3.8, 4) is 0 Å². The number of anilines is 3. The van der Waals surface area contributed by atoms with Gasteiger partial charge in [-0.2, -0.15) is 0 Å². The maximum absolute atomic E-state index is 11.1. The Kier molecular flexibility index (Phi) is 3.89. The van der Waals surface area contributed by atoms with Crippen molar-refractivity contribution in [2.24, 2.45) is 0 Å². The van der Waals surface area contributed by atoms with E-state index < -0.39 is 5.97 Å². The molecule has 2 aromatic rings. The Morgan fingerprint density at radius 1 is 1.25 bits per heavy atom.